The highest BCUT2D eigenvalue weighted by Gasteiger charge is 2.78. The van der Waals surface area contributed by atoms with E-state index in [0.29, 0.717) is 25.9 Å². The van der Waals surface area contributed by atoms with Crippen LogP contribution in [0.5, 0.6) is 0 Å². The van der Waals surface area contributed by atoms with Crippen LogP contribution in [0.1, 0.15) is 122 Å². The van der Waals surface area contributed by atoms with Crippen LogP contribution in [0.4, 0.5) is 9.59 Å². The number of Topliss-reactive ketones (excluding diaryl/α,β-unsaturated/α-hetero) is 1. The fraction of sp³-hybridized carbons (Fsp3) is 0.654. The van der Waals surface area contributed by atoms with Gasteiger partial charge < -0.3 is 63.3 Å². The van der Waals surface area contributed by atoms with E-state index < -0.39 is 119 Å². The van der Waals surface area contributed by atoms with E-state index in [4.69, 9.17) is 32.8 Å². The minimum atomic E-state index is -2.44. The van der Waals surface area contributed by atoms with E-state index in [9.17, 15) is 39.3 Å². The molecule has 2 bridgehead atoms. The number of furan rings is 1. The van der Waals surface area contributed by atoms with Gasteiger partial charge in [0.15, 0.2) is 23.6 Å². The Morgan fingerprint density at radius 1 is 0.915 bits per heavy atom. The molecule has 19 heteroatoms. The van der Waals surface area contributed by atoms with E-state index in [1.807, 2.05) is 0 Å². The van der Waals surface area contributed by atoms with Crippen molar-refractivity contribution in [2.75, 3.05) is 32.8 Å². The topological polar surface area (TPSA) is 250 Å². The molecule has 388 valence electrons. The quantitative estimate of drug-likeness (QED) is 0.140. The molecule has 2 saturated carbocycles. The van der Waals surface area contributed by atoms with E-state index in [1.54, 1.807) is 59.7 Å². The number of carbonyl (C=O) groups is 6. The maximum absolute atomic E-state index is 16.1. The summed E-state index contributed by atoms with van der Waals surface area (Å²) in [6.45, 7) is 14.5. The van der Waals surface area contributed by atoms with Crippen LogP contribution < -0.4 is 5.32 Å². The van der Waals surface area contributed by atoms with Crippen molar-refractivity contribution in [3.05, 3.63) is 71.2 Å². The van der Waals surface area contributed by atoms with Crippen LogP contribution >= 0.6 is 0 Å². The average Bonchev–Trinajstić information content (AvgIpc) is 3.86. The third kappa shape index (κ3) is 9.48. The van der Waals surface area contributed by atoms with E-state index in [2.05, 4.69) is 10.2 Å². The van der Waals surface area contributed by atoms with Gasteiger partial charge in [0.05, 0.1) is 35.9 Å². The third-order valence-corrected chi connectivity index (χ3v) is 16.1. The number of hydrogen-bond acceptors (Lipinski definition) is 17. The second kappa shape index (κ2) is 19.6. The summed E-state index contributed by atoms with van der Waals surface area (Å²) in [5.74, 6) is -5.49. The number of alkyl carbamates (subject to hydrolysis) is 1. The highest BCUT2D eigenvalue weighted by Crippen LogP contribution is 2.64. The van der Waals surface area contributed by atoms with Gasteiger partial charge in [-0.15, -0.1) is 0 Å². The maximum Gasteiger partial charge on any atom is 0.410 e. The zero-order valence-electron chi connectivity index (χ0n) is 41.8. The smallest absolute Gasteiger partial charge is 0.410 e. The number of benzene rings is 1. The molecule has 2 aromatic rings. The SMILES string of the molecule is CC(=O)O[C@@]12CO[C@@H]1C[C@H](O)[C@@]1(C)C(=O)[C@H](OC(=O)N3CCC(N4CCCCC4)CC3)C3=C(C)[C@@H](OC(=O)[C@H](O)[C@H](NC(=O)OC(C)(C)C)c4ccco4)C[C@@](O)(C(OC(=O)c4ccccc4)C12)C3(C)C. The summed E-state index contributed by atoms with van der Waals surface area (Å²) in [5.41, 5.74) is -8.80. The minimum Gasteiger partial charge on any atom is -0.467 e. The summed E-state index contributed by atoms with van der Waals surface area (Å²) < 4.78 is 42.2. The molecule has 4 heterocycles. The zero-order chi connectivity index (χ0) is 51.4. The molecule has 11 atom stereocenters. The van der Waals surface area contributed by atoms with Gasteiger partial charge >= 0.3 is 30.1 Å². The number of rotatable bonds is 10. The second-order valence-corrected chi connectivity index (χ2v) is 21.9. The number of esters is 3. The molecule has 2 unspecified atom stereocenters. The number of aliphatic hydroxyl groups excluding tert-OH is 2. The molecule has 19 nitrogen and oxygen atoms in total. The van der Waals surface area contributed by atoms with Crippen LogP contribution in [0.25, 0.3) is 0 Å². The second-order valence-electron chi connectivity index (χ2n) is 21.9. The predicted molar refractivity (Wildman–Crippen MR) is 250 cm³/mol. The number of aliphatic hydroxyl groups is 3. The first-order valence-corrected chi connectivity index (χ1v) is 24.8. The van der Waals surface area contributed by atoms with Gasteiger partial charge in [0.25, 0.3) is 0 Å². The standard InChI is InChI=1S/C52H69N3O16/c1-29-34(67-45(61)39(58)38(33-18-15-25-65-33)53-46(62)71-48(3,4)5)27-52(64)43(69-44(60)31-16-11-9-12-17-31)41-50(8,35(57)26-36-51(41,28-66-36)70-30(2)56)42(59)40(37(29)49(52,6)7)68-47(63)55-23-19-32(20-24-55)54-21-13-10-14-22-54/h9,11-12,15-18,25,32,34-36,38-41,43,57-58,64H,10,13-14,19-24,26-28H2,1-8H3,(H,53,62)/t34-,35-,36+,38+,39+,40+,41?,43?,50+,51-,52+/m0/s1. The Morgan fingerprint density at radius 2 is 1.59 bits per heavy atom. The normalized spacial score (nSPS) is 32.8. The largest absolute Gasteiger partial charge is 0.467 e. The highest BCUT2D eigenvalue weighted by atomic mass is 16.6. The summed E-state index contributed by atoms with van der Waals surface area (Å²) >= 11 is 0. The number of fused-ring (bicyclic) bond motifs is 5. The van der Waals surface area contributed by atoms with Crippen molar-refractivity contribution in [1.29, 1.82) is 0 Å². The highest BCUT2D eigenvalue weighted by molar-refractivity contribution is 5.95. The number of nitrogens with one attached hydrogen (secondary N) is 1. The Balaban J connectivity index is 1.25. The first-order chi connectivity index (χ1) is 33.4. The lowest BCUT2D eigenvalue weighted by atomic mass is 9.44. The molecule has 1 aromatic carbocycles. The minimum absolute atomic E-state index is 0.00397. The van der Waals surface area contributed by atoms with Gasteiger partial charge in [-0.3, -0.25) is 9.59 Å². The van der Waals surface area contributed by atoms with Crippen LogP contribution in [-0.2, 0) is 42.8 Å². The number of carbonyl (C=O) groups excluding carboxylic acids is 6. The molecule has 3 aliphatic heterocycles. The van der Waals surface area contributed by atoms with Crippen LogP contribution in [0, 0.1) is 16.7 Å². The Bertz CT molecular complexity index is 2370. The molecule has 3 saturated heterocycles. The van der Waals surface area contributed by atoms with Crippen molar-refractivity contribution in [3.8, 4) is 0 Å². The molecule has 0 spiro atoms. The van der Waals surface area contributed by atoms with Crippen molar-refractivity contribution in [1.82, 2.24) is 15.1 Å². The fourth-order valence-corrected chi connectivity index (χ4v) is 12.3. The van der Waals surface area contributed by atoms with Gasteiger partial charge in [-0.05, 0) is 109 Å². The van der Waals surface area contributed by atoms with Crippen molar-refractivity contribution in [2.24, 2.45) is 16.7 Å². The van der Waals surface area contributed by atoms with Gasteiger partial charge in [-0.1, -0.05) is 38.5 Å². The molecule has 2 amide bonds. The summed E-state index contributed by atoms with van der Waals surface area (Å²) in [6, 6.07) is 9.51. The number of hydrogen-bond donors (Lipinski definition) is 4. The lowest BCUT2D eigenvalue weighted by molar-refractivity contribution is -0.345. The maximum atomic E-state index is 16.1. The van der Waals surface area contributed by atoms with E-state index in [0.717, 1.165) is 25.9 Å². The molecular formula is C52H69N3O16. The van der Waals surface area contributed by atoms with E-state index in [-0.39, 0.29) is 41.5 Å². The first kappa shape index (κ1) is 52.0. The van der Waals surface area contributed by atoms with Crippen LogP contribution in [0.15, 0.2) is 64.3 Å². The Labute approximate surface area is 413 Å². The van der Waals surface area contributed by atoms with Gasteiger partial charge in [0.2, 0.25) is 0 Å². The number of likely N-dealkylation sites (tertiary alicyclic amines) is 2. The Kier molecular flexibility index (Phi) is 14.3. The molecule has 5 fully saturated rings. The molecule has 3 aliphatic carbocycles. The van der Waals surface area contributed by atoms with E-state index >= 15 is 4.79 Å². The Morgan fingerprint density at radius 3 is 2.18 bits per heavy atom. The number of nitrogens with zero attached hydrogens (tertiary/aromatic N) is 2. The van der Waals surface area contributed by atoms with Gasteiger partial charge in [-0.25, -0.2) is 19.2 Å². The van der Waals surface area contributed by atoms with Crippen molar-refractivity contribution >= 4 is 35.9 Å². The molecule has 8 rings (SSSR count). The van der Waals surface area contributed by atoms with Crippen LogP contribution in [0.3, 0.4) is 0 Å². The monoisotopic (exact) mass is 991 g/mol. The summed E-state index contributed by atoms with van der Waals surface area (Å²) in [5, 5.41) is 40.6. The number of amides is 2. The average molecular weight is 992 g/mol. The molecular weight excluding hydrogens is 923 g/mol. The van der Waals surface area contributed by atoms with Crippen LogP contribution in [0.2, 0.25) is 0 Å². The van der Waals surface area contributed by atoms with Gasteiger partial charge in [0.1, 0.15) is 41.3 Å². The van der Waals surface area contributed by atoms with Crippen molar-refractivity contribution < 1.29 is 76.9 Å². The predicted octanol–water partition coefficient (Wildman–Crippen LogP) is 4.95. The van der Waals surface area contributed by atoms with E-state index in [1.165, 1.54) is 55.7 Å². The third-order valence-electron chi connectivity index (χ3n) is 16.1. The molecule has 0 radical (unpaired) electrons. The lowest BCUT2D eigenvalue weighted by Gasteiger charge is -2.67. The van der Waals surface area contributed by atoms with Crippen molar-refractivity contribution in [2.45, 2.75) is 166 Å². The lowest BCUT2D eigenvalue weighted by Crippen LogP contribution is -2.82. The fourth-order valence-electron chi connectivity index (χ4n) is 12.3. The molecule has 6 aliphatic rings. The van der Waals surface area contributed by atoms with Crippen molar-refractivity contribution in [3.63, 3.8) is 0 Å². The summed E-state index contributed by atoms with van der Waals surface area (Å²) in [7, 11) is 0. The number of ketones is 1. The van der Waals surface area contributed by atoms with Gasteiger partial charge in [-0.2, -0.15) is 0 Å². The Hall–Kier alpha value is -5.34. The zero-order valence-corrected chi connectivity index (χ0v) is 41.8. The van der Waals surface area contributed by atoms with Gasteiger partial charge in [0, 0.05) is 44.3 Å². The summed E-state index contributed by atoms with van der Waals surface area (Å²) in [6.07, 6.45) is -6.69. The summed E-state index contributed by atoms with van der Waals surface area (Å²) in [4.78, 5) is 90.1. The molecule has 1 aromatic heterocycles. The molecule has 4 N–H and O–H groups in total. The molecule has 71 heavy (non-hydrogen) atoms. The van der Waals surface area contributed by atoms with Crippen LogP contribution in [-0.4, -0.2) is 153 Å². The number of ether oxygens (including phenoxy) is 6. The first-order valence-electron chi connectivity index (χ1n) is 24.8. The number of piperidine rings is 2.